The van der Waals surface area contributed by atoms with Crippen LogP contribution >= 0.6 is 11.6 Å². The van der Waals surface area contributed by atoms with E-state index in [1.54, 1.807) is 0 Å². The molecule has 0 bridgehead atoms. The van der Waals surface area contributed by atoms with Gasteiger partial charge in [-0.15, -0.1) is 0 Å². The number of piperazine rings is 1. The van der Waals surface area contributed by atoms with Gasteiger partial charge >= 0.3 is 0 Å². The molecule has 2 aliphatic rings. The summed E-state index contributed by atoms with van der Waals surface area (Å²) >= 11 is 6.12. The molecule has 0 radical (unpaired) electrons. The largest absolute Gasteiger partial charge is 0.352 e. The van der Waals surface area contributed by atoms with E-state index in [2.05, 4.69) is 20.4 Å². The summed E-state index contributed by atoms with van der Waals surface area (Å²) in [5, 5.41) is 6.65. The summed E-state index contributed by atoms with van der Waals surface area (Å²) in [5.41, 5.74) is 1.63. The van der Waals surface area contributed by atoms with Gasteiger partial charge in [0.15, 0.2) is 0 Å². The second-order valence-corrected chi connectivity index (χ2v) is 7.64. The Morgan fingerprint density at radius 3 is 2.58 bits per heavy atom. The SMILES string of the molecule is Cc1c(Cl)cccc1NC(=O)[C@@H](C)N1CCN(CC(=O)NC2CC2)CC1. The Bertz CT molecular complexity index is 670. The average Bonchev–Trinajstić information content (AvgIpc) is 3.42. The topological polar surface area (TPSA) is 64.7 Å². The average molecular weight is 379 g/mol. The molecule has 3 rings (SSSR count). The monoisotopic (exact) mass is 378 g/mol. The number of rotatable bonds is 6. The molecular weight excluding hydrogens is 352 g/mol. The molecule has 1 atom stereocenters. The van der Waals surface area contributed by atoms with E-state index in [0.29, 0.717) is 17.6 Å². The van der Waals surface area contributed by atoms with Crippen molar-refractivity contribution >= 4 is 29.1 Å². The Morgan fingerprint density at radius 2 is 1.92 bits per heavy atom. The van der Waals surface area contributed by atoms with Crippen molar-refractivity contribution in [2.45, 2.75) is 38.8 Å². The van der Waals surface area contributed by atoms with Crippen LogP contribution in [-0.4, -0.2) is 66.4 Å². The van der Waals surface area contributed by atoms with Gasteiger partial charge in [-0.2, -0.15) is 0 Å². The molecule has 2 N–H and O–H groups in total. The van der Waals surface area contributed by atoms with Crippen molar-refractivity contribution in [2.75, 3.05) is 38.0 Å². The van der Waals surface area contributed by atoms with Crippen LogP contribution in [0, 0.1) is 6.92 Å². The van der Waals surface area contributed by atoms with E-state index < -0.39 is 0 Å². The molecular formula is C19H27ClN4O2. The number of benzene rings is 1. The maximum atomic E-state index is 12.6. The van der Waals surface area contributed by atoms with Crippen LogP contribution in [0.15, 0.2) is 18.2 Å². The van der Waals surface area contributed by atoms with Crippen molar-refractivity contribution < 1.29 is 9.59 Å². The van der Waals surface area contributed by atoms with Gasteiger partial charge in [-0.3, -0.25) is 19.4 Å². The lowest BCUT2D eigenvalue weighted by atomic mass is 10.1. The fourth-order valence-corrected chi connectivity index (χ4v) is 3.33. The smallest absolute Gasteiger partial charge is 0.241 e. The normalized spacial score (nSPS) is 19.8. The van der Waals surface area contributed by atoms with Gasteiger partial charge in [0.05, 0.1) is 12.6 Å². The Kier molecular flexibility index (Phi) is 6.16. The van der Waals surface area contributed by atoms with Crippen LogP contribution in [-0.2, 0) is 9.59 Å². The minimum atomic E-state index is -0.226. The highest BCUT2D eigenvalue weighted by Crippen LogP contribution is 2.23. The second kappa shape index (κ2) is 8.37. The van der Waals surface area contributed by atoms with Crippen molar-refractivity contribution in [3.8, 4) is 0 Å². The summed E-state index contributed by atoms with van der Waals surface area (Å²) in [4.78, 5) is 28.8. The fraction of sp³-hybridized carbons (Fsp3) is 0.579. The zero-order valence-corrected chi connectivity index (χ0v) is 16.2. The van der Waals surface area contributed by atoms with Crippen molar-refractivity contribution in [3.05, 3.63) is 28.8 Å². The molecule has 1 aromatic rings. The van der Waals surface area contributed by atoms with Crippen LogP contribution in [0.2, 0.25) is 5.02 Å². The third-order valence-electron chi connectivity index (χ3n) is 5.17. The quantitative estimate of drug-likeness (QED) is 0.793. The molecule has 7 heteroatoms. The molecule has 1 heterocycles. The van der Waals surface area contributed by atoms with E-state index >= 15 is 0 Å². The van der Waals surface area contributed by atoms with E-state index in [0.717, 1.165) is 50.3 Å². The first-order valence-corrected chi connectivity index (χ1v) is 9.63. The Labute approximate surface area is 159 Å². The number of halogens is 1. The van der Waals surface area contributed by atoms with Gasteiger partial charge in [-0.25, -0.2) is 0 Å². The Balaban J connectivity index is 1.46. The first-order chi connectivity index (χ1) is 12.4. The lowest BCUT2D eigenvalue weighted by molar-refractivity contribution is -0.124. The van der Waals surface area contributed by atoms with Gasteiger partial charge < -0.3 is 10.6 Å². The highest BCUT2D eigenvalue weighted by molar-refractivity contribution is 6.31. The second-order valence-electron chi connectivity index (χ2n) is 7.23. The minimum Gasteiger partial charge on any atom is -0.352 e. The number of nitrogens with one attached hydrogen (secondary N) is 2. The van der Waals surface area contributed by atoms with Gasteiger partial charge in [0.1, 0.15) is 0 Å². The zero-order valence-electron chi connectivity index (χ0n) is 15.4. The molecule has 1 aliphatic heterocycles. The number of carbonyl (C=O) groups is 2. The van der Waals surface area contributed by atoms with Crippen molar-refractivity contribution in [2.24, 2.45) is 0 Å². The summed E-state index contributed by atoms with van der Waals surface area (Å²) in [6.45, 7) is 7.42. The number of nitrogens with zero attached hydrogens (tertiary/aromatic N) is 2. The van der Waals surface area contributed by atoms with Crippen LogP contribution in [0.25, 0.3) is 0 Å². The van der Waals surface area contributed by atoms with E-state index in [1.165, 1.54) is 0 Å². The molecule has 1 saturated heterocycles. The molecule has 2 amide bonds. The van der Waals surface area contributed by atoms with E-state index in [-0.39, 0.29) is 17.9 Å². The highest BCUT2D eigenvalue weighted by atomic mass is 35.5. The molecule has 1 aliphatic carbocycles. The standard InChI is InChI=1S/C19H27ClN4O2/c1-13-16(20)4-3-5-17(13)22-19(26)14(2)24-10-8-23(9-11-24)12-18(25)21-15-6-7-15/h3-5,14-15H,6-12H2,1-2H3,(H,21,25)(H,22,26)/t14-/m1/s1. The predicted molar refractivity (Wildman–Crippen MR) is 103 cm³/mol. The number of anilines is 1. The maximum absolute atomic E-state index is 12.6. The Hall–Kier alpha value is -1.63. The number of hydrogen-bond acceptors (Lipinski definition) is 4. The van der Waals surface area contributed by atoms with Crippen LogP contribution in [0.1, 0.15) is 25.3 Å². The van der Waals surface area contributed by atoms with Crippen LogP contribution in [0.3, 0.4) is 0 Å². The molecule has 142 valence electrons. The Morgan fingerprint density at radius 1 is 1.23 bits per heavy atom. The van der Waals surface area contributed by atoms with Gasteiger partial charge in [0, 0.05) is 42.9 Å². The van der Waals surface area contributed by atoms with Crippen molar-refractivity contribution in [1.82, 2.24) is 15.1 Å². The van der Waals surface area contributed by atoms with E-state index in [9.17, 15) is 9.59 Å². The minimum absolute atomic E-state index is 0.0321. The summed E-state index contributed by atoms with van der Waals surface area (Å²) in [7, 11) is 0. The molecule has 0 unspecified atom stereocenters. The molecule has 1 saturated carbocycles. The predicted octanol–water partition coefficient (Wildman–Crippen LogP) is 1.87. The third kappa shape index (κ3) is 4.96. The van der Waals surface area contributed by atoms with Crippen LogP contribution in [0.4, 0.5) is 5.69 Å². The summed E-state index contributed by atoms with van der Waals surface area (Å²) in [6, 6.07) is 5.69. The number of carbonyl (C=O) groups excluding carboxylic acids is 2. The van der Waals surface area contributed by atoms with Crippen LogP contribution in [0.5, 0.6) is 0 Å². The van der Waals surface area contributed by atoms with Gasteiger partial charge in [-0.1, -0.05) is 17.7 Å². The highest BCUT2D eigenvalue weighted by Gasteiger charge is 2.28. The molecule has 6 nitrogen and oxygen atoms in total. The van der Waals surface area contributed by atoms with E-state index in [4.69, 9.17) is 11.6 Å². The molecule has 2 fully saturated rings. The molecule has 1 aromatic carbocycles. The fourth-order valence-electron chi connectivity index (χ4n) is 3.16. The number of amides is 2. The molecule has 0 spiro atoms. The molecule has 26 heavy (non-hydrogen) atoms. The van der Waals surface area contributed by atoms with Gasteiger partial charge in [-0.05, 0) is 44.4 Å². The lowest BCUT2D eigenvalue weighted by Crippen LogP contribution is -2.54. The molecule has 0 aromatic heterocycles. The van der Waals surface area contributed by atoms with E-state index in [1.807, 2.05) is 32.0 Å². The lowest BCUT2D eigenvalue weighted by Gasteiger charge is -2.37. The summed E-state index contributed by atoms with van der Waals surface area (Å²) in [6.07, 6.45) is 2.22. The van der Waals surface area contributed by atoms with Crippen LogP contribution < -0.4 is 10.6 Å². The van der Waals surface area contributed by atoms with Crippen molar-refractivity contribution in [1.29, 1.82) is 0 Å². The number of hydrogen-bond donors (Lipinski definition) is 2. The first kappa shape index (κ1) is 19.1. The maximum Gasteiger partial charge on any atom is 0.241 e. The zero-order chi connectivity index (χ0) is 18.7. The van der Waals surface area contributed by atoms with Crippen molar-refractivity contribution in [3.63, 3.8) is 0 Å². The van der Waals surface area contributed by atoms with Gasteiger partial charge in [0.25, 0.3) is 0 Å². The first-order valence-electron chi connectivity index (χ1n) is 9.26. The summed E-state index contributed by atoms with van der Waals surface area (Å²) < 4.78 is 0. The third-order valence-corrected chi connectivity index (χ3v) is 5.58. The van der Waals surface area contributed by atoms with Gasteiger partial charge in [0.2, 0.25) is 11.8 Å². The summed E-state index contributed by atoms with van der Waals surface area (Å²) in [5.74, 6) is 0.0819.